The Kier molecular flexibility index (Phi) is 5.86. The summed E-state index contributed by atoms with van der Waals surface area (Å²) in [5, 5.41) is 6.74. The highest BCUT2D eigenvalue weighted by Crippen LogP contribution is 2.43. The summed E-state index contributed by atoms with van der Waals surface area (Å²) in [6.07, 6.45) is 7.84. The number of carbonyl (C=O) groups is 3. The number of nitrogen functional groups attached to an aromatic ring is 1. The van der Waals surface area contributed by atoms with E-state index in [9.17, 15) is 14.4 Å². The van der Waals surface area contributed by atoms with Crippen LogP contribution in [0.1, 0.15) is 77.8 Å². The first-order chi connectivity index (χ1) is 16.0. The van der Waals surface area contributed by atoms with Gasteiger partial charge in [-0.3, -0.25) is 9.59 Å². The lowest BCUT2D eigenvalue weighted by atomic mass is 9.91. The molecule has 2 aromatic heterocycles. The van der Waals surface area contributed by atoms with Gasteiger partial charge in [0, 0.05) is 24.8 Å². The smallest absolute Gasteiger partial charge is 0.360 e. The Labute approximate surface area is 197 Å². The van der Waals surface area contributed by atoms with Crippen molar-refractivity contribution >= 4 is 39.9 Å². The van der Waals surface area contributed by atoms with Gasteiger partial charge in [-0.05, 0) is 63.4 Å². The summed E-state index contributed by atoms with van der Waals surface area (Å²) < 4.78 is 6.85. The lowest BCUT2D eigenvalue weighted by Gasteiger charge is -2.25. The second kappa shape index (κ2) is 8.81. The summed E-state index contributed by atoms with van der Waals surface area (Å²) in [6.45, 7) is 2.65. The zero-order valence-corrected chi connectivity index (χ0v) is 19.5. The van der Waals surface area contributed by atoms with Crippen molar-refractivity contribution in [3.8, 4) is 0 Å². The Morgan fingerprint density at radius 3 is 2.76 bits per heavy atom. The number of esters is 1. The molecule has 0 radical (unpaired) electrons. The van der Waals surface area contributed by atoms with E-state index in [-0.39, 0.29) is 43.3 Å². The van der Waals surface area contributed by atoms with Crippen LogP contribution in [0.15, 0.2) is 6.33 Å². The van der Waals surface area contributed by atoms with Gasteiger partial charge in [0.2, 0.25) is 5.91 Å². The zero-order chi connectivity index (χ0) is 23.1. The number of hydrogen-bond donors (Lipinski definition) is 3. The van der Waals surface area contributed by atoms with Crippen molar-refractivity contribution in [3.05, 3.63) is 28.0 Å². The third kappa shape index (κ3) is 4.48. The molecule has 9 nitrogen and oxygen atoms in total. The van der Waals surface area contributed by atoms with E-state index in [1.807, 2.05) is 0 Å². The third-order valence-electron chi connectivity index (χ3n) is 6.59. The number of carbonyl (C=O) groups excluding carboxylic acids is 3. The molecule has 0 aromatic carbocycles. The lowest BCUT2D eigenvalue weighted by molar-refractivity contribution is -0.117. The number of rotatable bonds is 8. The van der Waals surface area contributed by atoms with Crippen molar-refractivity contribution in [2.75, 3.05) is 24.2 Å². The molecule has 4 N–H and O–H groups in total. The van der Waals surface area contributed by atoms with Crippen molar-refractivity contribution in [1.29, 1.82) is 0 Å². The molecule has 3 aliphatic rings. The van der Waals surface area contributed by atoms with E-state index in [1.165, 1.54) is 11.3 Å². The summed E-state index contributed by atoms with van der Waals surface area (Å²) in [5.41, 5.74) is 7.91. The monoisotopic (exact) mass is 473 g/mol. The Hall–Kier alpha value is -2.88. The van der Waals surface area contributed by atoms with Gasteiger partial charge >= 0.3 is 5.97 Å². The van der Waals surface area contributed by atoms with Gasteiger partial charge in [-0.1, -0.05) is 0 Å². The number of nitrogens with one attached hydrogen (secondary N) is 2. The topological polar surface area (TPSA) is 128 Å². The van der Waals surface area contributed by atoms with Crippen LogP contribution in [-0.2, 0) is 22.4 Å². The van der Waals surface area contributed by atoms with Crippen LogP contribution < -0.4 is 16.4 Å². The van der Waals surface area contributed by atoms with Crippen molar-refractivity contribution < 1.29 is 20.5 Å². The highest BCUT2D eigenvalue weighted by atomic mass is 32.1. The van der Waals surface area contributed by atoms with Crippen molar-refractivity contribution in [2.24, 2.45) is 11.8 Å². The zero-order valence-electron chi connectivity index (χ0n) is 18.7. The fourth-order valence-corrected chi connectivity index (χ4v) is 5.60. The molecule has 178 valence electrons. The molecule has 5 rings (SSSR count). The number of anilines is 2. The number of aromatic nitrogens is 2. The van der Waals surface area contributed by atoms with Crippen LogP contribution in [0.2, 0.25) is 0 Å². The second-order valence-electron chi connectivity index (χ2n) is 9.13. The fourth-order valence-electron chi connectivity index (χ4n) is 4.36. The third-order valence-corrected chi connectivity index (χ3v) is 7.80. The number of nitrogens with zero attached hydrogens (tertiary/aromatic N) is 2. The maximum atomic E-state index is 13.2. The second-order valence-corrected chi connectivity index (χ2v) is 10.2. The summed E-state index contributed by atoms with van der Waals surface area (Å²) in [7, 11) is 0. The van der Waals surface area contributed by atoms with Crippen molar-refractivity contribution in [1.82, 2.24) is 14.9 Å². The summed E-state index contributed by atoms with van der Waals surface area (Å²) in [5.74, 6) is 0.236. The van der Waals surface area contributed by atoms with Crippen LogP contribution in [0.4, 0.5) is 10.8 Å². The SMILES string of the molecule is CCOC(=O)c1ncn([C@H]2CCc3sc(NC(=O)C4CC4)c(C(=O)NCC4CC4)c3C2)c1N.[HH]. The molecule has 0 saturated heterocycles. The van der Waals surface area contributed by atoms with Gasteiger partial charge in [-0.15, -0.1) is 11.3 Å². The number of amides is 2. The van der Waals surface area contributed by atoms with E-state index < -0.39 is 5.97 Å². The minimum atomic E-state index is -0.536. The number of nitrogens with two attached hydrogens (primary N) is 1. The molecule has 0 bridgehead atoms. The van der Waals surface area contributed by atoms with Crippen LogP contribution in [-0.4, -0.2) is 40.5 Å². The molecule has 3 aliphatic carbocycles. The quantitative estimate of drug-likeness (QED) is 0.505. The molecule has 2 aromatic rings. The van der Waals surface area contributed by atoms with Crippen LogP contribution >= 0.6 is 11.3 Å². The van der Waals surface area contributed by atoms with Crippen LogP contribution in [0.25, 0.3) is 0 Å². The molecule has 33 heavy (non-hydrogen) atoms. The minimum Gasteiger partial charge on any atom is -0.461 e. The predicted octanol–water partition coefficient (Wildman–Crippen LogP) is 3.17. The van der Waals surface area contributed by atoms with Crippen LogP contribution in [0.5, 0.6) is 0 Å². The maximum Gasteiger partial charge on any atom is 0.360 e. The standard InChI is InChI=1S/C23H29N5O4S.H2/c1-2-32-23(31)18-19(24)28(11-26-18)14-7-8-16-15(9-14)17(21(30)25-10-12-3-4-12)22(33-16)27-20(29)13-5-6-13;/h11-14H,2-10,24H2,1H3,(H,25,30)(H,27,29);1H/t14-;/m0./s1. The van der Waals surface area contributed by atoms with E-state index in [1.54, 1.807) is 17.8 Å². The molecular formula is C23H31N5O4S. The first-order valence-corrected chi connectivity index (χ1v) is 12.5. The molecule has 0 aliphatic heterocycles. The van der Waals surface area contributed by atoms with Gasteiger partial charge in [-0.25, -0.2) is 9.78 Å². The van der Waals surface area contributed by atoms with Gasteiger partial charge in [0.1, 0.15) is 10.8 Å². The maximum absolute atomic E-state index is 13.2. The number of thiophene rings is 1. The molecular weight excluding hydrogens is 442 g/mol. The van der Waals surface area contributed by atoms with E-state index >= 15 is 0 Å². The molecule has 2 fully saturated rings. The molecule has 0 spiro atoms. The highest BCUT2D eigenvalue weighted by Gasteiger charge is 2.35. The van der Waals surface area contributed by atoms with Gasteiger partial charge in [0.15, 0.2) is 5.69 Å². The van der Waals surface area contributed by atoms with E-state index in [0.717, 1.165) is 49.0 Å². The Balaban J connectivity index is 0.00000274. The highest BCUT2D eigenvalue weighted by molar-refractivity contribution is 7.17. The normalized spacial score (nSPS) is 19.6. The van der Waals surface area contributed by atoms with E-state index in [0.29, 0.717) is 29.4 Å². The number of imidazole rings is 1. The van der Waals surface area contributed by atoms with Gasteiger partial charge in [-0.2, -0.15) is 0 Å². The first-order valence-electron chi connectivity index (χ1n) is 11.7. The molecule has 2 heterocycles. The van der Waals surface area contributed by atoms with E-state index in [2.05, 4.69) is 15.6 Å². The van der Waals surface area contributed by atoms with Crippen LogP contribution in [0.3, 0.4) is 0 Å². The summed E-state index contributed by atoms with van der Waals surface area (Å²) in [4.78, 5) is 43.1. The molecule has 2 saturated carbocycles. The number of fused-ring (bicyclic) bond motifs is 1. The molecule has 10 heteroatoms. The van der Waals surface area contributed by atoms with Gasteiger partial charge in [0.05, 0.1) is 18.5 Å². The number of aryl methyl sites for hydroxylation is 1. The average Bonchev–Trinajstić information content (AvgIpc) is 3.72. The Morgan fingerprint density at radius 1 is 1.27 bits per heavy atom. The fraction of sp³-hybridized carbons (Fsp3) is 0.565. The average molecular weight is 474 g/mol. The van der Waals surface area contributed by atoms with Crippen molar-refractivity contribution in [2.45, 2.75) is 57.9 Å². The van der Waals surface area contributed by atoms with Crippen LogP contribution in [0, 0.1) is 11.8 Å². The summed E-state index contributed by atoms with van der Waals surface area (Å²) in [6, 6.07) is -0.0373. The van der Waals surface area contributed by atoms with Gasteiger partial charge < -0.3 is 25.7 Å². The van der Waals surface area contributed by atoms with Crippen molar-refractivity contribution in [3.63, 3.8) is 0 Å². The first kappa shape index (κ1) is 21.9. The Morgan fingerprint density at radius 2 is 2.06 bits per heavy atom. The lowest BCUT2D eigenvalue weighted by Crippen LogP contribution is -2.28. The minimum absolute atomic E-state index is 0. The Bertz CT molecular complexity index is 1110. The molecule has 2 amide bonds. The van der Waals surface area contributed by atoms with Gasteiger partial charge in [0.25, 0.3) is 5.91 Å². The molecule has 0 unspecified atom stereocenters. The predicted molar refractivity (Wildman–Crippen MR) is 127 cm³/mol. The number of ether oxygens (including phenoxy) is 1. The largest absolute Gasteiger partial charge is 0.461 e. The number of hydrogen-bond acceptors (Lipinski definition) is 7. The molecule has 1 atom stereocenters. The van der Waals surface area contributed by atoms with E-state index in [4.69, 9.17) is 10.5 Å². The summed E-state index contributed by atoms with van der Waals surface area (Å²) >= 11 is 1.51.